The molecule has 4 aliphatic carbocycles. The first-order chi connectivity index (χ1) is 24.5. The fraction of sp³-hybridized carbons (Fsp3) is 0.892. The minimum atomic E-state index is -1.72. The Labute approximate surface area is 303 Å². The molecule has 3 aliphatic heterocycles. The predicted molar refractivity (Wildman–Crippen MR) is 177 cm³/mol. The number of aliphatic hydroxyl groups is 7. The molecule has 0 aromatic rings. The minimum absolute atomic E-state index is 0.0397. The van der Waals surface area contributed by atoms with Crippen LogP contribution in [-0.4, -0.2) is 140 Å². The molecule has 4 saturated carbocycles. The van der Waals surface area contributed by atoms with Crippen LogP contribution < -0.4 is 0 Å². The molecule has 7 rings (SSSR count). The minimum Gasteiger partial charge on any atom is -0.462 e. The first kappa shape index (κ1) is 38.5. The summed E-state index contributed by atoms with van der Waals surface area (Å²) in [6.07, 6.45) is -7.73. The van der Waals surface area contributed by atoms with Gasteiger partial charge in [0, 0.05) is 30.8 Å². The number of carbonyl (C=O) groups is 2. The van der Waals surface area contributed by atoms with Gasteiger partial charge in [0.15, 0.2) is 12.6 Å². The summed E-state index contributed by atoms with van der Waals surface area (Å²) in [7, 11) is 0. The van der Waals surface area contributed by atoms with Crippen molar-refractivity contribution in [3.63, 3.8) is 0 Å². The summed E-state index contributed by atoms with van der Waals surface area (Å²) in [5.41, 5.74) is -1.08. The first-order valence-electron chi connectivity index (χ1n) is 18.9. The van der Waals surface area contributed by atoms with Gasteiger partial charge in [-0.1, -0.05) is 13.8 Å². The fourth-order valence-electron chi connectivity index (χ4n) is 11.6. The molecule has 6 fully saturated rings. The maximum absolute atomic E-state index is 12.8. The summed E-state index contributed by atoms with van der Waals surface area (Å²) in [6, 6.07) is 0. The van der Waals surface area contributed by atoms with E-state index in [1.807, 2.05) is 0 Å². The number of aliphatic hydroxyl groups excluding tert-OH is 6. The Morgan fingerprint density at radius 1 is 0.904 bits per heavy atom. The molecule has 7 N–H and O–H groups in total. The summed E-state index contributed by atoms with van der Waals surface area (Å²) in [5.74, 6) is -0.761. The molecule has 0 spiro atoms. The average molecular weight is 741 g/mol. The molecule has 0 radical (unpaired) electrons. The molecule has 0 aromatic carbocycles. The molecule has 294 valence electrons. The van der Waals surface area contributed by atoms with Crippen molar-refractivity contribution in [2.24, 2.45) is 34.5 Å². The largest absolute Gasteiger partial charge is 0.462 e. The van der Waals surface area contributed by atoms with Crippen molar-refractivity contribution in [1.29, 1.82) is 0 Å². The molecule has 19 atom stereocenters. The lowest BCUT2D eigenvalue weighted by atomic mass is 9.43. The van der Waals surface area contributed by atoms with E-state index in [0.29, 0.717) is 25.7 Å². The van der Waals surface area contributed by atoms with E-state index in [1.54, 1.807) is 6.92 Å². The maximum atomic E-state index is 12.8. The zero-order chi connectivity index (χ0) is 37.5. The second kappa shape index (κ2) is 14.1. The van der Waals surface area contributed by atoms with Crippen LogP contribution in [0.25, 0.3) is 0 Å². The predicted octanol–water partition coefficient (Wildman–Crippen LogP) is -0.178. The van der Waals surface area contributed by atoms with Gasteiger partial charge in [-0.2, -0.15) is 0 Å². The number of esters is 2. The second-order valence-electron chi connectivity index (χ2n) is 17.1. The third-order valence-electron chi connectivity index (χ3n) is 14.4. The zero-order valence-electron chi connectivity index (χ0n) is 30.3. The summed E-state index contributed by atoms with van der Waals surface area (Å²) < 4.78 is 35.1. The van der Waals surface area contributed by atoms with Gasteiger partial charge in [0.05, 0.1) is 24.4 Å². The van der Waals surface area contributed by atoms with Crippen molar-refractivity contribution >= 4 is 11.9 Å². The fourth-order valence-corrected chi connectivity index (χ4v) is 11.6. The average Bonchev–Trinajstić information content (AvgIpc) is 3.61. The molecule has 15 nitrogen and oxygen atoms in total. The molecular formula is C37H56O15. The normalized spacial score (nSPS) is 53.3. The molecular weight excluding hydrogens is 684 g/mol. The zero-order valence-corrected chi connectivity index (χ0v) is 30.3. The van der Waals surface area contributed by atoms with E-state index >= 15 is 0 Å². The molecule has 52 heavy (non-hydrogen) atoms. The molecule has 0 aromatic heterocycles. The molecule has 0 amide bonds. The molecule has 3 heterocycles. The highest BCUT2D eigenvalue weighted by Crippen LogP contribution is 2.70. The SMILES string of the molecule is CC(=O)OC1CC2(O)C3CCC4CC(O[C@@H]5O[C@@H](C)[C@H](O)[C@@H](O)[C@H]5O[C@@H]5O[C@H](CO)[C@@H](O)[C@H](O)[C@H]5O)CCC4(C)C3CCC2(C)C1C1=CC(=O)OC1. The lowest BCUT2D eigenvalue weighted by Crippen LogP contribution is -2.64. The number of cyclic esters (lactones) is 1. The van der Waals surface area contributed by atoms with E-state index in [1.165, 1.54) is 13.0 Å². The number of hydrogen-bond acceptors (Lipinski definition) is 15. The molecule has 9 unspecified atom stereocenters. The number of rotatable bonds is 7. The molecule has 15 heteroatoms. The Balaban J connectivity index is 1.07. The standard InChI is InChI=1S/C37H56O15/c1-16-27(41)30(44)32(52-33-31(45)29(43)28(42)24(14-38)51-33)34(48-16)50-20-7-9-35(3)19(12-20)5-6-22-21(35)8-10-36(4)26(18-11-25(40)47-15-18)23(49-17(2)39)13-37(22,36)46/h11,16,19-24,26-34,38,41-46H,5-10,12-15H2,1-4H3/t16-,19?,20?,21?,22?,23?,24+,26?,27-,28+,29-,30+,31+,32+,33-,34-,35?,36?,37?/m0/s1. The number of fused-ring (bicyclic) bond motifs is 5. The van der Waals surface area contributed by atoms with E-state index in [2.05, 4.69) is 13.8 Å². The molecule has 2 saturated heterocycles. The highest BCUT2D eigenvalue weighted by Gasteiger charge is 2.71. The lowest BCUT2D eigenvalue weighted by Gasteiger charge is -2.63. The Kier molecular flexibility index (Phi) is 10.4. The monoisotopic (exact) mass is 740 g/mol. The van der Waals surface area contributed by atoms with E-state index < -0.39 is 97.1 Å². The Bertz CT molecular complexity index is 1390. The Morgan fingerprint density at radius 3 is 2.33 bits per heavy atom. The van der Waals surface area contributed by atoms with Crippen molar-refractivity contribution < 1.29 is 73.8 Å². The summed E-state index contributed by atoms with van der Waals surface area (Å²) in [6.45, 7) is 6.84. The second-order valence-corrected chi connectivity index (χ2v) is 17.1. The van der Waals surface area contributed by atoms with E-state index in [0.717, 1.165) is 31.3 Å². The van der Waals surface area contributed by atoms with Crippen LogP contribution in [-0.2, 0) is 38.0 Å². The lowest BCUT2D eigenvalue weighted by molar-refractivity contribution is -0.370. The molecule has 0 bridgehead atoms. The van der Waals surface area contributed by atoms with E-state index in [4.69, 9.17) is 28.4 Å². The number of ether oxygens (including phenoxy) is 6. The topological polar surface area (TPSA) is 231 Å². The van der Waals surface area contributed by atoms with Crippen LogP contribution in [0.2, 0.25) is 0 Å². The quantitative estimate of drug-likeness (QED) is 0.133. The van der Waals surface area contributed by atoms with Gasteiger partial charge in [0.1, 0.15) is 55.4 Å². The van der Waals surface area contributed by atoms with Crippen LogP contribution in [0.5, 0.6) is 0 Å². The smallest absolute Gasteiger partial charge is 0.331 e. The van der Waals surface area contributed by atoms with E-state index in [9.17, 15) is 45.3 Å². The highest BCUT2D eigenvalue weighted by atomic mass is 16.8. The van der Waals surface area contributed by atoms with Crippen LogP contribution in [0.15, 0.2) is 11.6 Å². The van der Waals surface area contributed by atoms with Gasteiger partial charge in [0.25, 0.3) is 0 Å². The summed E-state index contributed by atoms with van der Waals surface area (Å²) in [5, 5.41) is 75.3. The maximum Gasteiger partial charge on any atom is 0.331 e. The highest BCUT2D eigenvalue weighted by molar-refractivity contribution is 5.85. The first-order valence-corrected chi connectivity index (χ1v) is 18.9. The van der Waals surface area contributed by atoms with Gasteiger partial charge in [-0.25, -0.2) is 4.79 Å². The van der Waals surface area contributed by atoms with Gasteiger partial charge in [-0.05, 0) is 80.6 Å². The van der Waals surface area contributed by atoms with Crippen LogP contribution in [0.4, 0.5) is 0 Å². The van der Waals surface area contributed by atoms with Gasteiger partial charge in [-0.15, -0.1) is 0 Å². The summed E-state index contributed by atoms with van der Waals surface area (Å²) in [4.78, 5) is 24.4. The third kappa shape index (κ3) is 6.16. The van der Waals surface area contributed by atoms with Crippen molar-refractivity contribution in [3.05, 3.63) is 11.6 Å². The Morgan fingerprint density at radius 2 is 1.65 bits per heavy atom. The number of carbonyl (C=O) groups excluding carboxylic acids is 2. The Hall–Kier alpha value is -1.76. The van der Waals surface area contributed by atoms with E-state index in [-0.39, 0.29) is 41.8 Å². The van der Waals surface area contributed by atoms with Crippen molar-refractivity contribution in [1.82, 2.24) is 0 Å². The van der Waals surface area contributed by atoms with Gasteiger partial charge >= 0.3 is 11.9 Å². The van der Waals surface area contributed by atoms with Crippen LogP contribution >= 0.6 is 0 Å². The van der Waals surface area contributed by atoms with Crippen molar-refractivity contribution in [2.45, 2.75) is 158 Å². The van der Waals surface area contributed by atoms with Crippen molar-refractivity contribution in [2.75, 3.05) is 13.2 Å². The van der Waals surface area contributed by atoms with Gasteiger partial charge < -0.3 is 64.2 Å². The van der Waals surface area contributed by atoms with Crippen LogP contribution in [0.1, 0.15) is 79.1 Å². The molecule has 7 aliphatic rings. The van der Waals surface area contributed by atoms with Crippen LogP contribution in [0, 0.1) is 34.5 Å². The third-order valence-corrected chi connectivity index (χ3v) is 14.4. The van der Waals surface area contributed by atoms with Gasteiger partial charge in [0.2, 0.25) is 0 Å². The van der Waals surface area contributed by atoms with Crippen LogP contribution in [0.3, 0.4) is 0 Å². The number of hydrogen-bond donors (Lipinski definition) is 7. The summed E-state index contributed by atoms with van der Waals surface area (Å²) >= 11 is 0. The van der Waals surface area contributed by atoms with Gasteiger partial charge in [-0.3, -0.25) is 4.79 Å². The van der Waals surface area contributed by atoms with Crippen molar-refractivity contribution in [3.8, 4) is 0 Å².